The van der Waals surface area contributed by atoms with Gasteiger partial charge in [-0.1, -0.05) is 22.6 Å². The molecule has 0 unspecified atom stereocenters. The first-order chi connectivity index (χ1) is 9.23. The minimum atomic E-state index is 0.119. The molecule has 0 N–H and O–H groups in total. The molecule has 0 aliphatic carbocycles. The summed E-state index contributed by atoms with van der Waals surface area (Å²) in [6.07, 6.45) is 2.61. The smallest absolute Gasteiger partial charge is 0.203 e. The van der Waals surface area contributed by atoms with Gasteiger partial charge >= 0.3 is 0 Å². The molecule has 0 amide bonds. The average molecular weight is 378 g/mol. The lowest BCUT2D eigenvalue weighted by Gasteiger charge is -2.17. The van der Waals surface area contributed by atoms with Gasteiger partial charge in [0.1, 0.15) is 0 Å². The highest BCUT2D eigenvalue weighted by Crippen LogP contribution is 2.43. The van der Waals surface area contributed by atoms with E-state index in [4.69, 9.17) is 18.9 Å². The van der Waals surface area contributed by atoms with Crippen LogP contribution in [0.1, 0.15) is 24.5 Å². The SMILES string of the molecule is COc1cc([C@@H]2CC[C@@H](CI)O2)cc(OC)c1OC. The van der Waals surface area contributed by atoms with E-state index in [1.807, 2.05) is 12.1 Å². The van der Waals surface area contributed by atoms with E-state index in [0.717, 1.165) is 22.8 Å². The van der Waals surface area contributed by atoms with Crippen LogP contribution in [0.4, 0.5) is 0 Å². The van der Waals surface area contributed by atoms with Crippen LogP contribution < -0.4 is 14.2 Å². The van der Waals surface area contributed by atoms with Crippen LogP contribution in [0.5, 0.6) is 17.2 Å². The molecule has 1 fully saturated rings. The van der Waals surface area contributed by atoms with E-state index >= 15 is 0 Å². The summed E-state index contributed by atoms with van der Waals surface area (Å²) < 4.78 is 23.1. The van der Waals surface area contributed by atoms with Gasteiger partial charge in [0.15, 0.2) is 11.5 Å². The molecule has 106 valence electrons. The number of ether oxygens (including phenoxy) is 4. The van der Waals surface area contributed by atoms with Crippen molar-refractivity contribution < 1.29 is 18.9 Å². The van der Waals surface area contributed by atoms with E-state index in [1.165, 1.54) is 0 Å². The summed E-state index contributed by atoms with van der Waals surface area (Å²) in [7, 11) is 4.87. The van der Waals surface area contributed by atoms with Gasteiger partial charge in [-0.15, -0.1) is 0 Å². The Morgan fingerprint density at radius 1 is 1.11 bits per heavy atom. The van der Waals surface area contributed by atoms with Gasteiger partial charge in [0.2, 0.25) is 5.75 Å². The van der Waals surface area contributed by atoms with Crippen molar-refractivity contribution in [2.24, 2.45) is 0 Å². The molecular weight excluding hydrogens is 359 g/mol. The Balaban J connectivity index is 2.31. The fourth-order valence-electron chi connectivity index (χ4n) is 2.35. The number of benzene rings is 1. The Labute approximate surface area is 127 Å². The van der Waals surface area contributed by atoms with Crippen LogP contribution >= 0.6 is 22.6 Å². The second kappa shape index (κ2) is 6.65. The third kappa shape index (κ3) is 3.08. The van der Waals surface area contributed by atoms with E-state index in [1.54, 1.807) is 21.3 Å². The van der Waals surface area contributed by atoms with Crippen molar-refractivity contribution in [1.29, 1.82) is 0 Å². The summed E-state index contributed by atoms with van der Waals surface area (Å²) in [6, 6.07) is 3.95. The maximum absolute atomic E-state index is 6.01. The summed E-state index contributed by atoms with van der Waals surface area (Å²) in [5.74, 6) is 1.98. The lowest BCUT2D eigenvalue weighted by Crippen LogP contribution is -2.07. The number of rotatable bonds is 5. The summed E-state index contributed by atoms with van der Waals surface area (Å²) >= 11 is 2.36. The topological polar surface area (TPSA) is 36.9 Å². The van der Waals surface area contributed by atoms with Crippen LogP contribution in [0.2, 0.25) is 0 Å². The van der Waals surface area contributed by atoms with Crippen molar-refractivity contribution >= 4 is 22.6 Å². The molecule has 19 heavy (non-hydrogen) atoms. The predicted molar refractivity (Wildman–Crippen MR) is 81.8 cm³/mol. The van der Waals surface area contributed by atoms with Crippen molar-refractivity contribution in [3.05, 3.63) is 17.7 Å². The summed E-state index contributed by atoms with van der Waals surface area (Å²) in [6.45, 7) is 0. The summed E-state index contributed by atoms with van der Waals surface area (Å²) in [4.78, 5) is 0. The zero-order valence-electron chi connectivity index (χ0n) is 11.4. The van der Waals surface area contributed by atoms with E-state index < -0.39 is 0 Å². The van der Waals surface area contributed by atoms with E-state index in [0.29, 0.717) is 23.4 Å². The fourth-order valence-corrected chi connectivity index (χ4v) is 3.00. The molecule has 1 aromatic carbocycles. The first-order valence-electron chi connectivity index (χ1n) is 6.24. The van der Waals surface area contributed by atoms with Crippen molar-refractivity contribution in [2.45, 2.75) is 25.0 Å². The minimum absolute atomic E-state index is 0.119. The van der Waals surface area contributed by atoms with Gasteiger partial charge in [0.05, 0.1) is 33.5 Å². The van der Waals surface area contributed by atoms with Crippen LogP contribution in [-0.4, -0.2) is 31.9 Å². The highest BCUT2D eigenvalue weighted by molar-refractivity contribution is 14.1. The number of halogens is 1. The van der Waals surface area contributed by atoms with Gasteiger partial charge in [-0.3, -0.25) is 0 Å². The Hall–Kier alpha value is -0.690. The van der Waals surface area contributed by atoms with Crippen molar-refractivity contribution in [3.63, 3.8) is 0 Å². The quantitative estimate of drug-likeness (QED) is 0.582. The van der Waals surface area contributed by atoms with E-state index in [-0.39, 0.29) is 6.10 Å². The monoisotopic (exact) mass is 378 g/mol. The van der Waals surface area contributed by atoms with Crippen LogP contribution in [0.15, 0.2) is 12.1 Å². The van der Waals surface area contributed by atoms with E-state index in [9.17, 15) is 0 Å². The normalized spacial score (nSPS) is 22.3. The van der Waals surface area contributed by atoms with Gasteiger partial charge < -0.3 is 18.9 Å². The molecule has 0 aromatic heterocycles. The zero-order valence-corrected chi connectivity index (χ0v) is 13.6. The van der Waals surface area contributed by atoms with Crippen LogP contribution in [0.25, 0.3) is 0 Å². The van der Waals surface area contributed by atoms with Crippen molar-refractivity contribution in [2.75, 3.05) is 25.8 Å². The molecule has 1 heterocycles. The van der Waals surface area contributed by atoms with Gasteiger partial charge in [-0.05, 0) is 30.5 Å². The summed E-state index contributed by atoms with van der Waals surface area (Å²) in [5, 5.41) is 0. The number of alkyl halides is 1. The average Bonchev–Trinajstić information content (AvgIpc) is 2.94. The Bertz CT molecular complexity index is 410. The number of hydrogen-bond donors (Lipinski definition) is 0. The van der Waals surface area contributed by atoms with Crippen LogP contribution in [0.3, 0.4) is 0 Å². The van der Waals surface area contributed by atoms with Gasteiger partial charge in [0, 0.05) is 4.43 Å². The molecular formula is C14H19IO4. The van der Waals surface area contributed by atoms with E-state index in [2.05, 4.69) is 22.6 Å². The molecule has 0 spiro atoms. The first kappa shape index (κ1) is 14.7. The van der Waals surface area contributed by atoms with Gasteiger partial charge in [-0.2, -0.15) is 0 Å². The number of methoxy groups -OCH3 is 3. The molecule has 4 nitrogen and oxygen atoms in total. The fraction of sp³-hybridized carbons (Fsp3) is 0.571. The summed E-state index contributed by atoms with van der Waals surface area (Å²) in [5.41, 5.74) is 1.09. The molecule has 2 rings (SSSR count). The van der Waals surface area contributed by atoms with Gasteiger partial charge in [0.25, 0.3) is 0 Å². The Morgan fingerprint density at radius 2 is 1.74 bits per heavy atom. The lowest BCUT2D eigenvalue weighted by atomic mass is 10.0. The maximum atomic E-state index is 6.01. The Morgan fingerprint density at radius 3 is 2.16 bits per heavy atom. The molecule has 1 aliphatic heterocycles. The maximum Gasteiger partial charge on any atom is 0.203 e. The molecule has 0 saturated carbocycles. The van der Waals surface area contributed by atoms with Crippen molar-refractivity contribution in [1.82, 2.24) is 0 Å². The van der Waals surface area contributed by atoms with Crippen LogP contribution in [-0.2, 0) is 4.74 Å². The van der Waals surface area contributed by atoms with Gasteiger partial charge in [-0.25, -0.2) is 0 Å². The highest BCUT2D eigenvalue weighted by Gasteiger charge is 2.27. The third-order valence-corrected chi connectivity index (χ3v) is 4.32. The predicted octanol–water partition coefficient (Wildman–Crippen LogP) is 3.37. The molecule has 1 aliphatic rings. The second-order valence-electron chi connectivity index (χ2n) is 4.44. The Kier molecular flexibility index (Phi) is 5.15. The molecule has 2 atom stereocenters. The minimum Gasteiger partial charge on any atom is -0.493 e. The molecule has 0 radical (unpaired) electrons. The third-order valence-electron chi connectivity index (χ3n) is 3.34. The molecule has 1 saturated heterocycles. The molecule has 5 heteroatoms. The standard InChI is InChI=1S/C14H19IO4/c1-16-12-6-9(7-13(17-2)14(12)18-3)11-5-4-10(8-15)19-11/h6-7,10-11H,4-5,8H2,1-3H3/t10-,11-/m0/s1. The largest absolute Gasteiger partial charge is 0.493 e. The first-order valence-corrected chi connectivity index (χ1v) is 7.77. The second-order valence-corrected chi connectivity index (χ2v) is 5.32. The molecule has 1 aromatic rings. The van der Waals surface area contributed by atoms with Crippen LogP contribution in [0, 0.1) is 0 Å². The molecule has 0 bridgehead atoms. The highest BCUT2D eigenvalue weighted by atomic mass is 127. The lowest BCUT2D eigenvalue weighted by molar-refractivity contribution is 0.0594. The van der Waals surface area contributed by atoms with Crippen molar-refractivity contribution in [3.8, 4) is 17.2 Å². The zero-order chi connectivity index (χ0) is 13.8. The number of hydrogen-bond acceptors (Lipinski definition) is 4.